The first kappa shape index (κ1) is 19.8. The molecule has 150 valence electrons. The number of fused-ring (bicyclic) bond motifs is 2. The molecule has 1 saturated heterocycles. The highest BCUT2D eigenvalue weighted by atomic mass is 35.5. The van der Waals surface area contributed by atoms with Crippen molar-refractivity contribution in [2.24, 2.45) is 0 Å². The second-order valence-electron chi connectivity index (χ2n) is 7.51. The highest BCUT2D eigenvalue weighted by Crippen LogP contribution is 2.47. The van der Waals surface area contributed by atoms with Gasteiger partial charge in [-0.25, -0.2) is 0 Å². The van der Waals surface area contributed by atoms with Gasteiger partial charge in [-0.15, -0.1) is 0 Å². The second kappa shape index (κ2) is 7.75. The van der Waals surface area contributed by atoms with Crippen LogP contribution in [0.1, 0.15) is 41.2 Å². The summed E-state index contributed by atoms with van der Waals surface area (Å²) >= 11 is 6.52. The SMILES string of the molecule is CCc1ccc(Cc2c(Cl)ccc3c2COC32O[C@H](CO)[C@@H](O)C[C@H]2O)cc1. The molecule has 2 heterocycles. The Balaban J connectivity index is 1.70. The van der Waals surface area contributed by atoms with E-state index in [4.69, 9.17) is 21.1 Å². The molecule has 2 aliphatic heterocycles. The molecule has 5 nitrogen and oxygen atoms in total. The highest BCUT2D eigenvalue weighted by molar-refractivity contribution is 6.31. The van der Waals surface area contributed by atoms with Crippen molar-refractivity contribution in [2.45, 2.75) is 56.9 Å². The van der Waals surface area contributed by atoms with Crippen LogP contribution in [-0.4, -0.2) is 40.2 Å². The maximum atomic E-state index is 10.7. The van der Waals surface area contributed by atoms with Gasteiger partial charge in [-0.05, 0) is 41.2 Å². The lowest BCUT2D eigenvalue weighted by molar-refractivity contribution is -0.345. The molecule has 1 spiro atoms. The monoisotopic (exact) mass is 404 g/mol. The van der Waals surface area contributed by atoms with E-state index in [0.717, 1.165) is 28.7 Å². The average Bonchev–Trinajstić information content (AvgIpc) is 3.07. The molecule has 1 fully saturated rings. The number of benzene rings is 2. The zero-order valence-electron chi connectivity index (χ0n) is 15.8. The Morgan fingerprint density at radius 2 is 1.82 bits per heavy atom. The zero-order chi connectivity index (χ0) is 19.9. The van der Waals surface area contributed by atoms with Crippen LogP contribution in [0.3, 0.4) is 0 Å². The van der Waals surface area contributed by atoms with Gasteiger partial charge in [-0.3, -0.25) is 0 Å². The van der Waals surface area contributed by atoms with Crippen molar-refractivity contribution in [3.05, 3.63) is 69.2 Å². The van der Waals surface area contributed by atoms with Gasteiger partial charge in [0.25, 0.3) is 0 Å². The molecule has 2 aliphatic rings. The molecular weight excluding hydrogens is 380 g/mol. The van der Waals surface area contributed by atoms with E-state index >= 15 is 0 Å². The van der Waals surface area contributed by atoms with Crippen LogP contribution in [0.15, 0.2) is 36.4 Å². The molecule has 1 unspecified atom stereocenters. The van der Waals surface area contributed by atoms with Crippen molar-refractivity contribution in [3.8, 4) is 0 Å². The summed E-state index contributed by atoms with van der Waals surface area (Å²) in [5.41, 5.74) is 4.99. The lowest BCUT2D eigenvalue weighted by Crippen LogP contribution is -2.55. The first-order valence-corrected chi connectivity index (χ1v) is 10.0. The van der Waals surface area contributed by atoms with Crippen molar-refractivity contribution in [2.75, 3.05) is 6.61 Å². The van der Waals surface area contributed by atoms with E-state index in [9.17, 15) is 15.3 Å². The smallest absolute Gasteiger partial charge is 0.223 e. The summed E-state index contributed by atoms with van der Waals surface area (Å²) < 4.78 is 11.9. The van der Waals surface area contributed by atoms with Crippen molar-refractivity contribution in [3.63, 3.8) is 0 Å². The fraction of sp³-hybridized carbons (Fsp3) is 0.455. The molecule has 28 heavy (non-hydrogen) atoms. The molecular formula is C22H25ClO5. The number of halogens is 1. The number of aryl methyl sites for hydroxylation is 1. The molecule has 0 radical (unpaired) electrons. The van der Waals surface area contributed by atoms with Gasteiger partial charge >= 0.3 is 0 Å². The highest BCUT2D eigenvalue weighted by Gasteiger charge is 2.54. The van der Waals surface area contributed by atoms with Gasteiger partial charge in [0, 0.05) is 17.0 Å². The van der Waals surface area contributed by atoms with E-state index in [1.165, 1.54) is 5.56 Å². The van der Waals surface area contributed by atoms with Gasteiger partial charge in [0.05, 0.1) is 19.3 Å². The molecule has 3 N–H and O–H groups in total. The second-order valence-corrected chi connectivity index (χ2v) is 7.92. The van der Waals surface area contributed by atoms with Gasteiger partial charge in [0.15, 0.2) is 0 Å². The van der Waals surface area contributed by atoms with E-state index < -0.39 is 24.1 Å². The number of hydrogen-bond donors (Lipinski definition) is 3. The standard InChI is InChI=1S/C22H25ClO5/c1-2-13-3-5-14(6-4-13)9-15-16-12-27-22(17(16)7-8-18(15)23)21(26)10-19(25)20(11-24)28-22/h3-8,19-21,24-26H,2,9-12H2,1H3/t19-,20+,21+,22?/m0/s1. The number of ether oxygens (including phenoxy) is 2. The van der Waals surface area contributed by atoms with Crippen molar-refractivity contribution in [1.29, 1.82) is 0 Å². The molecule has 0 saturated carbocycles. The molecule has 0 aliphatic carbocycles. The molecule has 2 aromatic carbocycles. The van der Waals surface area contributed by atoms with Gasteiger partial charge in [-0.1, -0.05) is 48.9 Å². The van der Waals surface area contributed by atoms with Gasteiger partial charge in [0.2, 0.25) is 5.79 Å². The van der Waals surface area contributed by atoms with E-state index in [1.807, 2.05) is 6.07 Å². The molecule has 2 aromatic rings. The van der Waals surface area contributed by atoms with E-state index in [1.54, 1.807) is 6.07 Å². The third kappa shape index (κ3) is 3.26. The molecule has 0 amide bonds. The average molecular weight is 405 g/mol. The van der Waals surface area contributed by atoms with Crippen LogP contribution >= 0.6 is 11.6 Å². The topological polar surface area (TPSA) is 79.2 Å². The summed E-state index contributed by atoms with van der Waals surface area (Å²) in [6, 6.07) is 12.0. The lowest BCUT2D eigenvalue weighted by atomic mass is 9.87. The molecule has 4 atom stereocenters. The normalized spacial score (nSPS) is 29.2. The van der Waals surface area contributed by atoms with Gasteiger partial charge in [-0.2, -0.15) is 0 Å². The Bertz CT molecular complexity index is 853. The zero-order valence-corrected chi connectivity index (χ0v) is 16.5. The molecule has 0 aromatic heterocycles. The predicted molar refractivity (Wildman–Crippen MR) is 105 cm³/mol. The largest absolute Gasteiger partial charge is 0.394 e. The molecule has 0 bridgehead atoms. The number of hydrogen-bond acceptors (Lipinski definition) is 5. The Labute approximate surface area is 169 Å². The summed E-state index contributed by atoms with van der Waals surface area (Å²) in [5, 5.41) is 30.9. The maximum Gasteiger partial charge on any atom is 0.223 e. The minimum Gasteiger partial charge on any atom is -0.394 e. The third-order valence-electron chi connectivity index (χ3n) is 5.83. The van der Waals surface area contributed by atoms with Gasteiger partial charge in [0.1, 0.15) is 12.2 Å². The minimum absolute atomic E-state index is 0.0705. The van der Waals surface area contributed by atoms with Crippen molar-refractivity contribution >= 4 is 11.6 Å². The van der Waals surface area contributed by atoms with Crippen LogP contribution in [0.25, 0.3) is 0 Å². The van der Waals surface area contributed by atoms with Crippen molar-refractivity contribution < 1.29 is 24.8 Å². The maximum absolute atomic E-state index is 10.7. The quantitative estimate of drug-likeness (QED) is 0.730. The van der Waals surface area contributed by atoms with E-state index in [-0.39, 0.29) is 19.6 Å². The minimum atomic E-state index is -1.38. The fourth-order valence-corrected chi connectivity index (χ4v) is 4.39. The Morgan fingerprint density at radius 1 is 1.11 bits per heavy atom. The Hall–Kier alpha value is -1.47. The third-order valence-corrected chi connectivity index (χ3v) is 6.19. The summed E-state index contributed by atoms with van der Waals surface area (Å²) in [5.74, 6) is -1.38. The number of rotatable bonds is 4. The van der Waals surface area contributed by atoms with Crippen LogP contribution < -0.4 is 0 Å². The lowest BCUT2D eigenvalue weighted by Gasteiger charge is -2.43. The van der Waals surface area contributed by atoms with Crippen molar-refractivity contribution in [1.82, 2.24) is 0 Å². The fourth-order valence-electron chi connectivity index (χ4n) is 4.15. The van der Waals surface area contributed by atoms with Crippen LogP contribution in [0.5, 0.6) is 0 Å². The van der Waals surface area contributed by atoms with E-state index in [0.29, 0.717) is 11.4 Å². The van der Waals surface area contributed by atoms with E-state index in [2.05, 4.69) is 31.2 Å². The first-order chi connectivity index (χ1) is 13.5. The Morgan fingerprint density at radius 3 is 2.50 bits per heavy atom. The van der Waals surface area contributed by atoms with Crippen LogP contribution in [0.4, 0.5) is 0 Å². The first-order valence-electron chi connectivity index (χ1n) is 9.65. The Kier molecular flexibility index (Phi) is 5.49. The number of aliphatic hydroxyl groups is 3. The molecule has 4 rings (SSSR count). The molecule has 6 heteroatoms. The summed E-state index contributed by atoms with van der Waals surface area (Å²) in [4.78, 5) is 0. The predicted octanol–water partition coefficient (Wildman–Crippen LogP) is 2.68. The van der Waals surface area contributed by atoms with Crippen LogP contribution in [0.2, 0.25) is 5.02 Å². The number of aliphatic hydroxyl groups excluding tert-OH is 3. The summed E-state index contributed by atoms with van der Waals surface area (Å²) in [6.45, 7) is 2.03. The van der Waals surface area contributed by atoms with Gasteiger partial charge < -0.3 is 24.8 Å². The summed E-state index contributed by atoms with van der Waals surface area (Å²) in [6.07, 6.45) is -1.08. The summed E-state index contributed by atoms with van der Waals surface area (Å²) in [7, 11) is 0. The van der Waals surface area contributed by atoms with Crippen LogP contribution in [-0.2, 0) is 34.7 Å². The van der Waals surface area contributed by atoms with Crippen LogP contribution in [0, 0.1) is 0 Å².